The molecule has 0 spiro atoms. The molecular formula is C43H73O9P. The number of esters is 2. The Labute approximate surface area is 322 Å². The van der Waals surface area contributed by atoms with Gasteiger partial charge in [-0.2, -0.15) is 0 Å². The first kappa shape index (κ1) is 50.5. The van der Waals surface area contributed by atoms with Gasteiger partial charge in [0.25, 0.3) is 0 Å². The molecule has 0 rings (SSSR count). The molecule has 0 aliphatic heterocycles. The highest BCUT2D eigenvalue weighted by Crippen LogP contribution is 2.36. The molecule has 0 amide bonds. The van der Waals surface area contributed by atoms with E-state index in [1.54, 1.807) is 6.08 Å². The Hall–Kier alpha value is -2.55. The van der Waals surface area contributed by atoms with Crippen molar-refractivity contribution in [3.8, 4) is 0 Å². The number of unbranched alkanes of at least 4 members (excludes halogenated alkanes) is 11. The topological polar surface area (TPSA) is 140 Å². The summed E-state index contributed by atoms with van der Waals surface area (Å²) in [6.07, 6.45) is 42.6. The molecule has 0 aromatic carbocycles. The van der Waals surface area contributed by atoms with Crippen LogP contribution in [0.2, 0.25) is 0 Å². The molecule has 10 heteroatoms. The highest BCUT2D eigenvalue weighted by molar-refractivity contribution is 7.46. The third-order valence-electron chi connectivity index (χ3n) is 8.26. The maximum Gasteiger partial charge on any atom is 0.469 e. The Morgan fingerprint density at radius 1 is 0.642 bits per heavy atom. The summed E-state index contributed by atoms with van der Waals surface area (Å²) in [6, 6.07) is 0. The van der Waals surface area contributed by atoms with E-state index in [-0.39, 0.29) is 19.4 Å². The zero-order valence-electron chi connectivity index (χ0n) is 33.2. The molecule has 0 saturated heterocycles. The van der Waals surface area contributed by atoms with E-state index >= 15 is 0 Å². The molecule has 0 radical (unpaired) electrons. The van der Waals surface area contributed by atoms with Gasteiger partial charge in [-0.25, -0.2) is 4.57 Å². The monoisotopic (exact) mass is 764 g/mol. The third kappa shape index (κ3) is 40.5. The van der Waals surface area contributed by atoms with Crippen LogP contribution in [-0.4, -0.2) is 52.3 Å². The van der Waals surface area contributed by atoms with Gasteiger partial charge in [0.05, 0.1) is 12.7 Å². The molecule has 9 nitrogen and oxygen atoms in total. The quantitative estimate of drug-likeness (QED) is 0.0189. The smallest absolute Gasteiger partial charge is 0.462 e. The normalized spacial score (nSPS) is 13.9. The van der Waals surface area contributed by atoms with Crippen LogP contribution in [-0.2, 0) is 28.2 Å². The van der Waals surface area contributed by atoms with E-state index < -0.39 is 38.6 Å². The van der Waals surface area contributed by atoms with Gasteiger partial charge in [-0.3, -0.25) is 14.1 Å². The highest BCUT2D eigenvalue weighted by Gasteiger charge is 2.22. The van der Waals surface area contributed by atoms with E-state index in [9.17, 15) is 19.3 Å². The van der Waals surface area contributed by atoms with Gasteiger partial charge in [-0.05, 0) is 50.9 Å². The summed E-state index contributed by atoms with van der Waals surface area (Å²) in [5.41, 5.74) is 0. The van der Waals surface area contributed by atoms with Crippen LogP contribution in [0.5, 0.6) is 0 Å². The Morgan fingerprint density at radius 2 is 1.19 bits per heavy atom. The lowest BCUT2D eigenvalue weighted by Crippen LogP contribution is -2.29. The van der Waals surface area contributed by atoms with E-state index in [0.717, 1.165) is 50.9 Å². The summed E-state index contributed by atoms with van der Waals surface area (Å²) in [5.74, 6) is -0.197. The van der Waals surface area contributed by atoms with Crippen LogP contribution < -0.4 is 0 Å². The van der Waals surface area contributed by atoms with Gasteiger partial charge in [-0.1, -0.05) is 171 Å². The molecule has 3 N–H and O–H groups in total. The first-order valence-corrected chi connectivity index (χ1v) is 21.7. The highest BCUT2D eigenvalue weighted by atomic mass is 31.2. The molecule has 53 heavy (non-hydrogen) atoms. The van der Waals surface area contributed by atoms with Crippen molar-refractivity contribution in [1.82, 2.24) is 0 Å². The molecule has 0 aliphatic carbocycles. The molecular weight excluding hydrogens is 691 g/mol. The first-order valence-electron chi connectivity index (χ1n) is 20.2. The number of ether oxygens (including phenoxy) is 2. The fourth-order valence-electron chi connectivity index (χ4n) is 5.26. The number of rotatable bonds is 35. The van der Waals surface area contributed by atoms with Gasteiger partial charge in [-0.15, -0.1) is 0 Å². The van der Waals surface area contributed by atoms with Crippen LogP contribution in [0.15, 0.2) is 72.9 Å². The van der Waals surface area contributed by atoms with Crippen LogP contribution in [0.3, 0.4) is 0 Å². The number of phosphoric ester groups is 1. The molecule has 0 aromatic heterocycles. The van der Waals surface area contributed by atoms with Gasteiger partial charge < -0.3 is 24.4 Å². The predicted octanol–water partition coefficient (Wildman–Crippen LogP) is 11.1. The maximum atomic E-state index is 12.4. The number of carbonyl (C=O) groups excluding carboxylic acids is 2. The lowest BCUT2D eigenvalue weighted by Gasteiger charge is -2.18. The Kier molecular flexibility index (Phi) is 34.7. The predicted molar refractivity (Wildman–Crippen MR) is 217 cm³/mol. The fourth-order valence-corrected chi connectivity index (χ4v) is 5.62. The van der Waals surface area contributed by atoms with Gasteiger partial charge in [0, 0.05) is 12.8 Å². The second-order valence-corrected chi connectivity index (χ2v) is 15.2. The zero-order valence-corrected chi connectivity index (χ0v) is 34.1. The zero-order chi connectivity index (χ0) is 39.3. The molecule has 304 valence electrons. The summed E-state index contributed by atoms with van der Waals surface area (Å²) in [7, 11) is -4.79. The average Bonchev–Trinajstić information content (AvgIpc) is 3.10. The third-order valence-corrected chi connectivity index (χ3v) is 8.75. The lowest BCUT2D eigenvalue weighted by atomic mass is 10.0. The van der Waals surface area contributed by atoms with Crippen molar-refractivity contribution in [3.05, 3.63) is 72.9 Å². The molecule has 0 aromatic rings. The SMILES string of the molecule is CC/C=C\CC(O)/C=C/C=C/C/C=C\C/C=C\C/C=C\CCC(=O)O[C@H](COC(=O)CCCCCCCCCCCCCCC(C)C)COP(=O)(O)O. The number of phosphoric acid groups is 1. The Balaban J connectivity index is 4.12. The van der Waals surface area contributed by atoms with Crippen LogP contribution in [0.4, 0.5) is 0 Å². The van der Waals surface area contributed by atoms with Crippen molar-refractivity contribution in [3.63, 3.8) is 0 Å². The van der Waals surface area contributed by atoms with Crippen molar-refractivity contribution >= 4 is 19.8 Å². The average molecular weight is 765 g/mol. The minimum Gasteiger partial charge on any atom is -0.462 e. The van der Waals surface area contributed by atoms with Crippen molar-refractivity contribution in [1.29, 1.82) is 0 Å². The molecule has 0 saturated carbocycles. The number of carbonyl (C=O) groups is 2. The number of aliphatic hydroxyl groups excluding tert-OH is 1. The van der Waals surface area contributed by atoms with Crippen molar-refractivity contribution < 1.29 is 43.0 Å². The van der Waals surface area contributed by atoms with Gasteiger partial charge in [0.15, 0.2) is 6.10 Å². The minimum absolute atomic E-state index is 0.0688. The first-order chi connectivity index (χ1) is 25.5. The molecule has 0 fully saturated rings. The summed E-state index contributed by atoms with van der Waals surface area (Å²) < 4.78 is 26.3. The van der Waals surface area contributed by atoms with Crippen LogP contribution >= 0.6 is 7.82 Å². The van der Waals surface area contributed by atoms with Gasteiger partial charge in [0.1, 0.15) is 6.61 Å². The summed E-state index contributed by atoms with van der Waals surface area (Å²) in [5, 5.41) is 9.81. The maximum absolute atomic E-state index is 12.4. The van der Waals surface area contributed by atoms with Crippen molar-refractivity contribution in [2.45, 2.75) is 168 Å². The largest absolute Gasteiger partial charge is 0.469 e. The molecule has 1 unspecified atom stereocenters. The van der Waals surface area contributed by atoms with E-state index in [1.807, 2.05) is 48.6 Å². The number of hydrogen-bond donors (Lipinski definition) is 3. The summed E-state index contributed by atoms with van der Waals surface area (Å²) in [6.45, 7) is 5.73. The standard InChI is InChI=1S/C43H73O9P/c1-4-5-27-33-40(44)34-29-24-20-16-12-7-6-8-14-18-22-26-31-36-43(46)52-41(38-51-53(47,48)49)37-50-42(45)35-30-25-21-17-13-10-9-11-15-19-23-28-32-39(2)3/h5,7-8,12,14,20,22,24,26-27,29,34,39-41,44H,4,6,9-11,13,15-19,21,23,25,28,30-33,35-38H2,1-3H3,(H2,47,48,49)/b12-7-,14-8-,24-20+,26-22-,27-5-,34-29+/t40?,41-/m1/s1. The van der Waals surface area contributed by atoms with Crippen LogP contribution in [0, 0.1) is 5.92 Å². The molecule has 0 bridgehead atoms. The van der Waals surface area contributed by atoms with E-state index in [4.69, 9.17) is 19.3 Å². The van der Waals surface area contributed by atoms with E-state index in [2.05, 4.69) is 43.5 Å². The summed E-state index contributed by atoms with van der Waals surface area (Å²) in [4.78, 5) is 42.8. The lowest BCUT2D eigenvalue weighted by molar-refractivity contribution is -0.161. The van der Waals surface area contributed by atoms with E-state index in [1.165, 1.54) is 57.8 Å². The fraction of sp³-hybridized carbons (Fsp3) is 0.674. The van der Waals surface area contributed by atoms with Crippen LogP contribution in [0.1, 0.15) is 156 Å². The van der Waals surface area contributed by atoms with E-state index in [0.29, 0.717) is 19.3 Å². The molecule has 0 heterocycles. The molecule has 0 aliphatic rings. The molecule has 2 atom stereocenters. The number of aliphatic hydroxyl groups is 1. The second kappa shape index (κ2) is 36.4. The Bertz CT molecular complexity index is 1120. The number of hydrogen-bond acceptors (Lipinski definition) is 7. The summed E-state index contributed by atoms with van der Waals surface area (Å²) >= 11 is 0. The van der Waals surface area contributed by atoms with Gasteiger partial charge >= 0.3 is 19.8 Å². The second-order valence-electron chi connectivity index (χ2n) is 13.9. The Morgan fingerprint density at radius 3 is 1.75 bits per heavy atom. The van der Waals surface area contributed by atoms with Crippen LogP contribution in [0.25, 0.3) is 0 Å². The van der Waals surface area contributed by atoms with Gasteiger partial charge in [0.2, 0.25) is 0 Å². The number of allylic oxidation sites excluding steroid dienone is 10. The minimum atomic E-state index is -4.79. The van der Waals surface area contributed by atoms with Crippen molar-refractivity contribution in [2.24, 2.45) is 5.92 Å². The van der Waals surface area contributed by atoms with Crippen molar-refractivity contribution in [2.75, 3.05) is 13.2 Å².